The van der Waals surface area contributed by atoms with E-state index in [0.717, 1.165) is 38.8 Å². The Kier molecular flexibility index (Phi) is 11.8. The number of carboxylic acids is 1. The topological polar surface area (TPSA) is 113 Å². The Hall–Kier alpha value is -1.87. The molecular weight excluding hydrogens is 608 g/mol. The molecule has 4 saturated carbocycles. The number of halogens is 1. The summed E-state index contributed by atoms with van der Waals surface area (Å²) in [4.78, 5) is 49.0. The van der Waals surface area contributed by atoms with Crippen LogP contribution in [0, 0.1) is 58.2 Å². The van der Waals surface area contributed by atoms with E-state index in [4.69, 9.17) is 26.4 Å². The molecule has 262 valence electrons. The highest BCUT2D eigenvalue weighted by Crippen LogP contribution is 2.66. The van der Waals surface area contributed by atoms with E-state index in [0.29, 0.717) is 29.6 Å². The Bertz CT molecular complexity index is 1120. The van der Waals surface area contributed by atoms with Crippen LogP contribution in [0.15, 0.2) is 0 Å². The van der Waals surface area contributed by atoms with Gasteiger partial charge in [0.25, 0.3) is 0 Å². The van der Waals surface area contributed by atoms with E-state index in [9.17, 15) is 19.2 Å². The third-order valence-corrected chi connectivity index (χ3v) is 13.4. The van der Waals surface area contributed by atoms with Crippen molar-refractivity contribution in [3.63, 3.8) is 0 Å². The van der Waals surface area contributed by atoms with Crippen molar-refractivity contribution in [3.8, 4) is 0 Å². The number of hydrogen-bond donors (Lipinski definition) is 1. The molecule has 0 bridgehead atoms. The molecule has 9 nitrogen and oxygen atoms in total. The Morgan fingerprint density at radius 3 is 1.54 bits per heavy atom. The lowest BCUT2D eigenvalue weighted by atomic mass is 9.80. The summed E-state index contributed by atoms with van der Waals surface area (Å²) in [5, 5.41) is 8.73. The largest absolute Gasteiger partial charge is 0.481 e. The number of hydrogen-bond acceptors (Lipinski definition) is 7. The molecule has 2 saturated heterocycles. The van der Waals surface area contributed by atoms with Crippen molar-refractivity contribution in [2.24, 2.45) is 58.2 Å². The second-order valence-corrected chi connectivity index (χ2v) is 16.6. The van der Waals surface area contributed by atoms with Crippen molar-refractivity contribution in [2.45, 2.75) is 118 Å². The van der Waals surface area contributed by atoms with Gasteiger partial charge in [-0.05, 0) is 77.9 Å². The third kappa shape index (κ3) is 7.40. The first-order valence-electron chi connectivity index (χ1n) is 17.7. The van der Waals surface area contributed by atoms with E-state index in [1.807, 2.05) is 11.8 Å². The predicted molar refractivity (Wildman–Crippen MR) is 177 cm³/mol. The van der Waals surface area contributed by atoms with Gasteiger partial charge in [-0.1, -0.05) is 80.1 Å². The standard InChI is InChI=1S/C18H29NO3.C9H14ClNO2.C9H16O2/c1-11(12-8-6-5-7-9-12)16(20)19-10-13-14(18(13,2)3)15(19)17(21)22-4;1-9(2)5-4-11(10)7(6(5)9)8(12)13-3;1-7(9(10)11)8-5-3-2-4-6-8/h11-15H,5-10H2,1-4H3;5-7H,4H2,1-3H3;7-8H,2-6H2,1H3,(H,10,11)/t11-,13?,14?,15-;;7-/m0.0/s1. The summed E-state index contributed by atoms with van der Waals surface area (Å²) >= 11 is 5.94. The van der Waals surface area contributed by atoms with E-state index in [-0.39, 0.29) is 58.5 Å². The number of rotatable bonds is 6. The summed E-state index contributed by atoms with van der Waals surface area (Å²) in [6.45, 7) is 14.2. The molecule has 10 heteroatoms. The quantitative estimate of drug-likeness (QED) is 0.255. The molecule has 4 aliphatic carbocycles. The fourth-order valence-corrected chi connectivity index (χ4v) is 9.81. The number of carbonyl (C=O) groups excluding carboxylic acids is 3. The summed E-state index contributed by atoms with van der Waals surface area (Å²) < 4.78 is 11.3. The van der Waals surface area contributed by atoms with Crippen LogP contribution in [-0.4, -0.2) is 77.6 Å². The minimum Gasteiger partial charge on any atom is -0.481 e. The van der Waals surface area contributed by atoms with E-state index in [1.54, 1.807) is 4.42 Å². The molecule has 0 aromatic heterocycles. The first kappa shape index (κ1) is 37.0. The maximum Gasteiger partial charge on any atom is 0.328 e. The Labute approximate surface area is 281 Å². The van der Waals surface area contributed by atoms with Crippen molar-refractivity contribution < 1.29 is 33.8 Å². The molecule has 5 unspecified atom stereocenters. The number of esters is 2. The maximum absolute atomic E-state index is 13.0. The number of carboxylic acid groups (broad SMARTS) is 1. The molecule has 6 fully saturated rings. The minimum atomic E-state index is -0.628. The van der Waals surface area contributed by atoms with Crippen LogP contribution in [0.4, 0.5) is 0 Å². The van der Waals surface area contributed by atoms with Gasteiger partial charge in [0.2, 0.25) is 5.91 Å². The van der Waals surface area contributed by atoms with Crippen LogP contribution in [0.5, 0.6) is 0 Å². The molecule has 0 spiro atoms. The van der Waals surface area contributed by atoms with Crippen molar-refractivity contribution in [1.29, 1.82) is 0 Å². The number of aliphatic carboxylic acids is 1. The van der Waals surface area contributed by atoms with Crippen LogP contribution in [-0.2, 0) is 28.7 Å². The van der Waals surface area contributed by atoms with Gasteiger partial charge < -0.3 is 19.5 Å². The summed E-state index contributed by atoms with van der Waals surface area (Å²) in [7, 11) is 2.84. The average Bonchev–Trinajstić information content (AvgIpc) is 3.52. The lowest BCUT2D eigenvalue weighted by Crippen LogP contribution is -2.48. The molecule has 0 radical (unpaired) electrons. The summed E-state index contributed by atoms with van der Waals surface area (Å²) in [5.74, 6) is 1.64. The minimum absolute atomic E-state index is 0.0352. The highest BCUT2D eigenvalue weighted by Gasteiger charge is 2.70. The molecule has 8 atom stereocenters. The van der Waals surface area contributed by atoms with Gasteiger partial charge in [-0.3, -0.25) is 14.4 Å². The third-order valence-electron chi connectivity index (χ3n) is 13.0. The van der Waals surface area contributed by atoms with Gasteiger partial charge >= 0.3 is 17.9 Å². The zero-order valence-corrected chi connectivity index (χ0v) is 30.2. The summed E-state index contributed by atoms with van der Waals surface area (Å²) in [5.41, 5.74) is 0.438. The number of methoxy groups -OCH3 is 2. The van der Waals surface area contributed by atoms with Crippen LogP contribution in [0.25, 0.3) is 0 Å². The normalized spacial score (nSPS) is 33.9. The molecule has 2 aliphatic heterocycles. The van der Waals surface area contributed by atoms with Crippen LogP contribution in [0.1, 0.15) is 106 Å². The zero-order chi connectivity index (χ0) is 34.1. The van der Waals surface area contributed by atoms with Crippen molar-refractivity contribution in [2.75, 3.05) is 27.3 Å². The SMILES string of the molecule is COC(=O)C1C2C(CN1Cl)C2(C)C.COC(=O)[C@@H]1C2C(CN1C(=O)[C@@H](C)C1CCCCC1)C2(C)C.C[C@H](C(=O)O)C1CCCCC1. The number of nitrogens with zero attached hydrogens (tertiary/aromatic N) is 2. The Balaban J connectivity index is 0.000000170. The van der Waals surface area contributed by atoms with Gasteiger partial charge in [0.1, 0.15) is 12.1 Å². The maximum atomic E-state index is 13.0. The number of ether oxygens (including phenoxy) is 2. The number of amides is 1. The molecule has 46 heavy (non-hydrogen) atoms. The first-order chi connectivity index (χ1) is 21.6. The van der Waals surface area contributed by atoms with Crippen LogP contribution in [0.2, 0.25) is 0 Å². The van der Waals surface area contributed by atoms with Crippen LogP contribution in [0.3, 0.4) is 0 Å². The van der Waals surface area contributed by atoms with Crippen LogP contribution < -0.4 is 0 Å². The molecule has 1 N–H and O–H groups in total. The predicted octanol–water partition coefficient (Wildman–Crippen LogP) is 6.42. The molecule has 6 rings (SSSR count). The summed E-state index contributed by atoms with van der Waals surface area (Å²) in [6.07, 6.45) is 12.1. The van der Waals surface area contributed by atoms with Crippen LogP contribution >= 0.6 is 11.8 Å². The highest BCUT2D eigenvalue weighted by molar-refractivity contribution is 6.15. The van der Waals surface area contributed by atoms with E-state index >= 15 is 0 Å². The highest BCUT2D eigenvalue weighted by atomic mass is 35.5. The van der Waals surface area contributed by atoms with Crippen molar-refractivity contribution in [1.82, 2.24) is 9.32 Å². The molecule has 6 aliphatic rings. The number of fused-ring (bicyclic) bond motifs is 2. The van der Waals surface area contributed by atoms with E-state index in [1.165, 1.54) is 52.7 Å². The lowest BCUT2D eigenvalue weighted by Gasteiger charge is -2.34. The molecule has 1 amide bonds. The molecule has 0 aromatic rings. The Morgan fingerprint density at radius 1 is 0.696 bits per heavy atom. The van der Waals surface area contributed by atoms with Gasteiger partial charge in [-0.2, -0.15) is 0 Å². The fraction of sp³-hybridized carbons (Fsp3) is 0.889. The zero-order valence-electron chi connectivity index (χ0n) is 29.4. The second-order valence-electron chi connectivity index (χ2n) is 16.1. The van der Waals surface area contributed by atoms with Gasteiger partial charge in [0.15, 0.2) is 0 Å². The van der Waals surface area contributed by atoms with Gasteiger partial charge in [0, 0.05) is 24.9 Å². The second kappa shape index (κ2) is 14.7. The van der Waals surface area contributed by atoms with Crippen molar-refractivity contribution in [3.05, 3.63) is 0 Å². The first-order valence-corrected chi connectivity index (χ1v) is 18.1. The molecule has 2 heterocycles. The number of likely N-dealkylation sites (tertiary alicyclic amines) is 1. The smallest absolute Gasteiger partial charge is 0.328 e. The summed E-state index contributed by atoms with van der Waals surface area (Å²) in [6, 6.07) is -0.588. The average molecular weight is 667 g/mol. The van der Waals surface area contributed by atoms with Gasteiger partial charge in [-0.15, -0.1) is 0 Å². The molecular formula is C36H59ClN2O7. The fourth-order valence-electron chi connectivity index (χ4n) is 9.46. The monoisotopic (exact) mass is 666 g/mol. The van der Waals surface area contributed by atoms with Gasteiger partial charge in [0.05, 0.1) is 20.1 Å². The van der Waals surface area contributed by atoms with E-state index < -0.39 is 5.97 Å². The number of piperidine rings is 2. The molecule has 0 aromatic carbocycles. The Morgan fingerprint density at radius 2 is 1.11 bits per heavy atom. The van der Waals surface area contributed by atoms with Gasteiger partial charge in [-0.25, -0.2) is 9.21 Å². The number of carbonyl (C=O) groups is 4. The van der Waals surface area contributed by atoms with E-state index in [2.05, 4.69) is 34.6 Å². The van der Waals surface area contributed by atoms with Crippen molar-refractivity contribution >= 4 is 35.6 Å². The lowest BCUT2D eigenvalue weighted by molar-refractivity contribution is -0.155.